The van der Waals surface area contributed by atoms with Gasteiger partial charge in [0.15, 0.2) is 11.5 Å². The lowest BCUT2D eigenvalue weighted by molar-refractivity contribution is -0.143. The largest absolute Gasteiger partial charge is 0.493 e. The first-order chi connectivity index (χ1) is 17.1. The SMILES string of the molecule is CCOC(=O)N1c2cc(OC)c(OC)cc2[C@H](C(F)(F)c2cc(C(F)(F)F)cc(C(F)(F)F)c2)C[C@@H]1C. The molecule has 13 heteroatoms. The number of carbonyl (C=O) groups is 1. The predicted octanol–water partition coefficient (Wildman–Crippen LogP) is 7.37. The van der Waals surface area contributed by atoms with E-state index < -0.39 is 59.4 Å². The van der Waals surface area contributed by atoms with E-state index in [-0.39, 0.29) is 47.6 Å². The number of nitrogens with zero attached hydrogens (tertiary/aromatic N) is 1. The standard InChI is InChI=1S/C24H23F8NO4/c1-5-37-21(34)33-12(2)6-17(16-10-19(35-3)20(36-4)11-18(16)33)22(25,26)13-7-14(23(27,28)29)9-15(8-13)24(30,31)32/h7-12,17H,5-6H2,1-4H3/t12-,17+/m0/s1. The first-order valence-electron chi connectivity index (χ1n) is 11.0. The summed E-state index contributed by atoms with van der Waals surface area (Å²) in [6.45, 7) is 2.91. The van der Waals surface area contributed by atoms with E-state index in [9.17, 15) is 31.1 Å². The molecule has 2 aromatic rings. The van der Waals surface area contributed by atoms with Crippen LogP contribution in [0.1, 0.15) is 48.4 Å². The molecule has 3 rings (SSSR count). The molecule has 0 unspecified atom stereocenters. The summed E-state index contributed by atoms with van der Waals surface area (Å²) < 4.78 is 128. The lowest BCUT2D eigenvalue weighted by atomic mass is 9.78. The van der Waals surface area contributed by atoms with Crippen molar-refractivity contribution in [3.05, 3.63) is 52.6 Å². The van der Waals surface area contributed by atoms with Crippen molar-refractivity contribution in [3.63, 3.8) is 0 Å². The van der Waals surface area contributed by atoms with Gasteiger partial charge in [-0.25, -0.2) is 13.6 Å². The van der Waals surface area contributed by atoms with Crippen molar-refractivity contribution in [2.75, 3.05) is 25.7 Å². The van der Waals surface area contributed by atoms with E-state index in [1.165, 1.54) is 34.1 Å². The second kappa shape index (κ2) is 9.90. The van der Waals surface area contributed by atoms with Crippen LogP contribution in [0.4, 0.5) is 45.6 Å². The van der Waals surface area contributed by atoms with Gasteiger partial charge in [0.05, 0.1) is 43.6 Å². The molecule has 0 spiro atoms. The molecule has 0 bridgehead atoms. The highest BCUT2D eigenvalue weighted by Gasteiger charge is 2.50. The van der Waals surface area contributed by atoms with Gasteiger partial charge in [0.2, 0.25) is 0 Å². The number of anilines is 1. The molecule has 2 aromatic carbocycles. The topological polar surface area (TPSA) is 48.0 Å². The molecular weight excluding hydrogens is 518 g/mol. The van der Waals surface area contributed by atoms with Gasteiger partial charge in [-0.15, -0.1) is 0 Å². The van der Waals surface area contributed by atoms with Gasteiger partial charge in [-0.05, 0) is 50.1 Å². The highest BCUT2D eigenvalue weighted by molar-refractivity contribution is 5.91. The lowest BCUT2D eigenvalue weighted by Crippen LogP contribution is -2.46. The number of benzene rings is 2. The summed E-state index contributed by atoms with van der Waals surface area (Å²) in [6.07, 6.45) is -12.0. The average Bonchev–Trinajstić information content (AvgIpc) is 2.81. The Morgan fingerprint density at radius 2 is 1.35 bits per heavy atom. The molecule has 1 aliphatic rings. The summed E-state index contributed by atoms with van der Waals surface area (Å²) in [5.74, 6) is -6.11. The Kier molecular flexibility index (Phi) is 7.58. The zero-order valence-electron chi connectivity index (χ0n) is 20.1. The van der Waals surface area contributed by atoms with Crippen molar-refractivity contribution < 1.29 is 54.1 Å². The number of rotatable bonds is 5. The molecule has 0 aromatic heterocycles. The second-order valence-electron chi connectivity index (χ2n) is 8.39. The summed E-state index contributed by atoms with van der Waals surface area (Å²) in [7, 11) is 2.48. The Labute approximate surface area is 206 Å². The van der Waals surface area contributed by atoms with E-state index in [0.717, 1.165) is 11.0 Å². The molecular formula is C24H23F8NO4. The first kappa shape index (κ1) is 28.3. The molecule has 2 atom stereocenters. The van der Waals surface area contributed by atoms with Crippen LogP contribution in [0.3, 0.4) is 0 Å². The van der Waals surface area contributed by atoms with Gasteiger partial charge in [-0.3, -0.25) is 4.90 Å². The van der Waals surface area contributed by atoms with Crippen molar-refractivity contribution in [2.45, 2.75) is 50.5 Å². The maximum atomic E-state index is 16.0. The maximum absolute atomic E-state index is 16.0. The van der Waals surface area contributed by atoms with E-state index in [1.54, 1.807) is 0 Å². The Bertz CT molecular complexity index is 1130. The molecule has 5 nitrogen and oxygen atoms in total. The van der Waals surface area contributed by atoms with Gasteiger partial charge in [-0.2, -0.15) is 26.3 Å². The Hall–Kier alpha value is -3.25. The number of hydrogen-bond donors (Lipinski definition) is 0. The Morgan fingerprint density at radius 1 is 0.865 bits per heavy atom. The Balaban J connectivity index is 2.27. The quantitative estimate of drug-likeness (QED) is 0.371. The summed E-state index contributed by atoms with van der Waals surface area (Å²) in [5, 5.41) is 0. The van der Waals surface area contributed by atoms with Gasteiger partial charge >= 0.3 is 18.4 Å². The minimum absolute atomic E-state index is 0.0120. The maximum Gasteiger partial charge on any atom is 0.416 e. The molecule has 1 amide bonds. The molecule has 1 aliphatic heterocycles. The zero-order chi connectivity index (χ0) is 27.9. The molecule has 0 N–H and O–H groups in total. The van der Waals surface area contributed by atoms with Crippen LogP contribution in [0.15, 0.2) is 30.3 Å². The minimum atomic E-state index is -5.30. The molecule has 204 valence electrons. The predicted molar refractivity (Wildman–Crippen MR) is 116 cm³/mol. The highest BCUT2D eigenvalue weighted by Crippen LogP contribution is 2.54. The van der Waals surface area contributed by atoms with Crippen molar-refractivity contribution in [3.8, 4) is 11.5 Å². The van der Waals surface area contributed by atoms with Crippen molar-refractivity contribution in [1.82, 2.24) is 0 Å². The van der Waals surface area contributed by atoms with E-state index in [4.69, 9.17) is 14.2 Å². The number of hydrogen-bond acceptors (Lipinski definition) is 4. The van der Waals surface area contributed by atoms with Crippen molar-refractivity contribution >= 4 is 11.8 Å². The van der Waals surface area contributed by atoms with Crippen LogP contribution >= 0.6 is 0 Å². The number of ether oxygens (including phenoxy) is 3. The highest BCUT2D eigenvalue weighted by atomic mass is 19.4. The fourth-order valence-corrected chi connectivity index (χ4v) is 4.35. The number of halogens is 8. The van der Waals surface area contributed by atoms with Gasteiger partial charge < -0.3 is 14.2 Å². The normalized spacial score (nSPS) is 18.3. The number of carbonyl (C=O) groups excluding carboxylic acids is 1. The fraction of sp³-hybridized carbons (Fsp3) is 0.458. The number of alkyl halides is 8. The molecule has 0 fully saturated rings. The molecule has 0 saturated carbocycles. The average molecular weight is 541 g/mol. The first-order valence-corrected chi connectivity index (χ1v) is 11.0. The van der Waals surface area contributed by atoms with Crippen LogP contribution < -0.4 is 14.4 Å². The van der Waals surface area contributed by atoms with Crippen molar-refractivity contribution in [2.24, 2.45) is 0 Å². The summed E-state index contributed by atoms with van der Waals surface area (Å²) in [6, 6.07) is 1.21. The smallest absolute Gasteiger partial charge is 0.416 e. The zero-order valence-corrected chi connectivity index (χ0v) is 20.1. The van der Waals surface area contributed by atoms with E-state index in [1.807, 2.05) is 0 Å². The van der Waals surface area contributed by atoms with Crippen LogP contribution in [0.25, 0.3) is 0 Å². The lowest BCUT2D eigenvalue weighted by Gasteiger charge is -2.41. The van der Waals surface area contributed by atoms with E-state index in [0.29, 0.717) is 0 Å². The molecule has 0 saturated heterocycles. The van der Waals surface area contributed by atoms with Gasteiger partial charge in [0.25, 0.3) is 5.92 Å². The fourth-order valence-electron chi connectivity index (χ4n) is 4.35. The van der Waals surface area contributed by atoms with Gasteiger partial charge in [0.1, 0.15) is 0 Å². The summed E-state index contributed by atoms with van der Waals surface area (Å²) in [5.41, 5.74) is -5.51. The van der Waals surface area contributed by atoms with Gasteiger partial charge in [-0.1, -0.05) is 0 Å². The third-order valence-electron chi connectivity index (χ3n) is 6.06. The third-order valence-corrected chi connectivity index (χ3v) is 6.06. The second-order valence-corrected chi connectivity index (χ2v) is 8.39. The number of fused-ring (bicyclic) bond motifs is 1. The molecule has 0 radical (unpaired) electrons. The van der Waals surface area contributed by atoms with Crippen LogP contribution in [-0.4, -0.2) is 33.0 Å². The van der Waals surface area contributed by atoms with Crippen LogP contribution in [0.2, 0.25) is 0 Å². The van der Waals surface area contributed by atoms with Crippen LogP contribution in [0, 0.1) is 0 Å². The van der Waals surface area contributed by atoms with Crippen molar-refractivity contribution in [1.29, 1.82) is 0 Å². The molecule has 37 heavy (non-hydrogen) atoms. The Morgan fingerprint density at radius 3 is 1.81 bits per heavy atom. The monoisotopic (exact) mass is 541 g/mol. The van der Waals surface area contributed by atoms with Crippen LogP contribution in [-0.2, 0) is 23.0 Å². The third kappa shape index (κ3) is 5.40. The summed E-state index contributed by atoms with van der Waals surface area (Å²) in [4.78, 5) is 13.7. The minimum Gasteiger partial charge on any atom is -0.493 e. The van der Waals surface area contributed by atoms with E-state index >= 15 is 8.78 Å². The summed E-state index contributed by atoms with van der Waals surface area (Å²) >= 11 is 0. The van der Waals surface area contributed by atoms with Gasteiger partial charge in [0, 0.05) is 17.7 Å². The van der Waals surface area contributed by atoms with Crippen LogP contribution in [0.5, 0.6) is 11.5 Å². The molecule has 1 heterocycles. The van der Waals surface area contributed by atoms with E-state index in [2.05, 4.69) is 0 Å². The molecule has 0 aliphatic carbocycles. The number of amides is 1. The number of methoxy groups -OCH3 is 2.